The van der Waals surface area contributed by atoms with Crippen LogP contribution in [-0.4, -0.2) is 16.5 Å². The highest BCUT2D eigenvalue weighted by Crippen LogP contribution is 2.65. The van der Waals surface area contributed by atoms with Crippen LogP contribution in [0.3, 0.4) is 0 Å². The molecule has 3 saturated carbocycles. The number of aliphatic hydroxyl groups is 1. The maximum absolute atomic E-state index is 11.8. The molecule has 4 aliphatic carbocycles. The van der Waals surface area contributed by atoms with Gasteiger partial charge in [-0.05, 0) is 74.2 Å². The Morgan fingerprint density at radius 2 is 2.09 bits per heavy atom. The van der Waals surface area contributed by atoms with E-state index in [2.05, 4.69) is 19.8 Å². The van der Waals surface area contributed by atoms with Gasteiger partial charge in [-0.25, -0.2) is 0 Å². The van der Waals surface area contributed by atoms with Crippen LogP contribution in [0.2, 0.25) is 0 Å². The third-order valence-electron chi connectivity index (χ3n) is 8.03. The zero-order valence-electron chi connectivity index (χ0n) is 14.3. The van der Waals surface area contributed by atoms with Crippen LogP contribution in [0.4, 0.5) is 0 Å². The van der Waals surface area contributed by atoms with Crippen molar-refractivity contribution in [2.75, 3.05) is 0 Å². The van der Waals surface area contributed by atoms with Crippen LogP contribution in [0.5, 0.6) is 0 Å². The number of terminal acetylenes is 1. The molecule has 7 atom stereocenters. The Kier molecular flexibility index (Phi) is 3.34. The van der Waals surface area contributed by atoms with E-state index in [9.17, 15) is 9.90 Å². The maximum Gasteiger partial charge on any atom is 0.155 e. The van der Waals surface area contributed by atoms with Gasteiger partial charge in [0.2, 0.25) is 0 Å². The average molecular weight is 312 g/mol. The van der Waals surface area contributed by atoms with E-state index in [0.717, 1.165) is 44.9 Å². The summed E-state index contributed by atoms with van der Waals surface area (Å²) in [6.45, 7) is 4.59. The molecule has 0 aromatic heterocycles. The second kappa shape index (κ2) is 4.96. The summed E-state index contributed by atoms with van der Waals surface area (Å²) in [7, 11) is 0. The van der Waals surface area contributed by atoms with Gasteiger partial charge in [0.1, 0.15) is 5.60 Å². The lowest BCUT2D eigenvalue weighted by Crippen LogP contribution is -2.53. The van der Waals surface area contributed by atoms with Gasteiger partial charge < -0.3 is 5.11 Å². The highest BCUT2D eigenvalue weighted by atomic mass is 16.3. The predicted octanol–water partition coefficient (Wildman–Crippen LogP) is 3.74. The summed E-state index contributed by atoms with van der Waals surface area (Å²) in [5.74, 6) is 6.17. The van der Waals surface area contributed by atoms with Gasteiger partial charge in [-0.3, -0.25) is 4.79 Å². The SMILES string of the molecule is C#C[C@]1(O)CC[C@@H]2[C@H]3[C@@H](CC[C@]21C)[C@H]1CCC(=O)C=C1C[C@H]3C. The molecule has 3 fully saturated rings. The van der Waals surface area contributed by atoms with Crippen molar-refractivity contribution in [2.45, 2.75) is 64.4 Å². The summed E-state index contributed by atoms with van der Waals surface area (Å²) in [4.78, 5) is 11.8. The molecule has 4 rings (SSSR count). The molecule has 4 aliphatic rings. The van der Waals surface area contributed by atoms with Crippen molar-refractivity contribution < 1.29 is 9.90 Å². The lowest BCUT2D eigenvalue weighted by molar-refractivity contribution is -0.117. The Bertz CT molecular complexity index is 612. The van der Waals surface area contributed by atoms with Gasteiger partial charge in [-0.2, -0.15) is 0 Å². The molecule has 2 heteroatoms. The molecule has 0 aromatic carbocycles. The Morgan fingerprint density at radius 1 is 1.30 bits per heavy atom. The molecule has 0 unspecified atom stereocenters. The molecule has 0 spiro atoms. The fourth-order valence-corrected chi connectivity index (χ4v) is 6.84. The van der Waals surface area contributed by atoms with Crippen molar-refractivity contribution in [1.29, 1.82) is 0 Å². The van der Waals surface area contributed by atoms with E-state index in [1.54, 1.807) is 0 Å². The van der Waals surface area contributed by atoms with E-state index in [1.165, 1.54) is 5.57 Å². The molecule has 23 heavy (non-hydrogen) atoms. The number of fused-ring (bicyclic) bond motifs is 5. The lowest BCUT2D eigenvalue weighted by Gasteiger charge is -2.56. The van der Waals surface area contributed by atoms with Gasteiger partial charge in [-0.15, -0.1) is 6.42 Å². The molecule has 2 nitrogen and oxygen atoms in total. The first-order chi connectivity index (χ1) is 10.9. The predicted molar refractivity (Wildman–Crippen MR) is 90.4 cm³/mol. The van der Waals surface area contributed by atoms with Crippen LogP contribution in [0.25, 0.3) is 0 Å². The fraction of sp³-hybridized carbons (Fsp3) is 0.762. The molecular weight excluding hydrogens is 284 g/mol. The number of hydrogen-bond acceptors (Lipinski definition) is 2. The topological polar surface area (TPSA) is 37.3 Å². The smallest absolute Gasteiger partial charge is 0.155 e. The van der Waals surface area contributed by atoms with Crippen molar-refractivity contribution in [3.8, 4) is 12.3 Å². The number of allylic oxidation sites excluding steroid dienone is 1. The number of hydrogen-bond donors (Lipinski definition) is 1. The number of rotatable bonds is 0. The normalized spacial score (nSPS) is 52.0. The minimum absolute atomic E-state index is 0.122. The van der Waals surface area contributed by atoms with E-state index in [0.29, 0.717) is 35.4 Å². The van der Waals surface area contributed by atoms with E-state index in [1.807, 2.05) is 6.08 Å². The van der Waals surface area contributed by atoms with Crippen molar-refractivity contribution in [1.82, 2.24) is 0 Å². The third-order valence-corrected chi connectivity index (χ3v) is 8.03. The summed E-state index contributed by atoms with van der Waals surface area (Å²) in [5, 5.41) is 11.0. The Hall–Kier alpha value is -1.07. The Morgan fingerprint density at radius 3 is 2.83 bits per heavy atom. The Balaban J connectivity index is 1.70. The van der Waals surface area contributed by atoms with Gasteiger partial charge in [0.15, 0.2) is 5.78 Å². The lowest BCUT2D eigenvalue weighted by atomic mass is 9.48. The summed E-state index contributed by atoms with van der Waals surface area (Å²) >= 11 is 0. The first-order valence-electron chi connectivity index (χ1n) is 9.33. The number of ketones is 1. The van der Waals surface area contributed by atoms with Crippen LogP contribution in [0.1, 0.15) is 58.8 Å². The van der Waals surface area contributed by atoms with Gasteiger partial charge in [0.05, 0.1) is 0 Å². The molecule has 124 valence electrons. The van der Waals surface area contributed by atoms with Gasteiger partial charge in [0.25, 0.3) is 0 Å². The van der Waals surface area contributed by atoms with Crippen LogP contribution in [0.15, 0.2) is 11.6 Å². The number of carbonyl (C=O) groups is 1. The second-order valence-electron chi connectivity index (χ2n) is 8.86. The minimum atomic E-state index is -0.916. The molecule has 0 radical (unpaired) electrons. The fourth-order valence-electron chi connectivity index (χ4n) is 6.84. The van der Waals surface area contributed by atoms with Crippen LogP contribution >= 0.6 is 0 Å². The monoisotopic (exact) mass is 312 g/mol. The molecule has 0 bridgehead atoms. The molecular formula is C21H28O2. The Labute approximate surface area is 139 Å². The third kappa shape index (κ3) is 1.96. The zero-order valence-corrected chi connectivity index (χ0v) is 14.3. The summed E-state index contributed by atoms with van der Waals surface area (Å²) < 4.78 is 0. The highest BCUT2D eigenvalue weighted by Gasteiger charge is 2.62. The number of carbonyl (C=O) groups excluding carboxylic acids is 1. The quantitative estimate of drug-likeness (QED) is 0.692. The molecule has 0 amide bonds. The minimum Gasteiger partial charge on any atom is -0.377 e. The van der Waals surface area contributed by atoms with E-state index >= 15 is 0 Å². The first kappa shape index (κ1) is 15.5. The molecule has 1 N–H and O–H groups in total. The second-order valence-corrected chi connectivity index (χ2v) is 8.86. The van der Waals surface area contributed by atoms with E-state index in [4.69, 9.17) is 6.42 Å². The van der Waals surface area contributed by atoms with Crippen molar-refractivity contribution in [3.63, 3.8) is 0 Å². The van der Waals surface area contributed by atoms with Gasteiger partial charge in [-0.1, -0.05) is 25.3 Å². The van der Waals surface area contributed by atoms with E-state index in [-0.39, 0.29) is 5.41 Å². The van der Waals surface area contributed by atoms with Crippen molar-refractivity contribution in [2.24, 2.45) is 35.0 Å². The first-order valence-corrected chi connectivity index (χ1v) is 9.33. The maximum atomic E-state index is 11.8. The summed E-state index contributed by atoms with van der Waals surface area (Å²) in [6.07, 6.45) is 14.5. The summed E-state index contributed by atoms with van der Waals surface area (Å²) in [5.41, 5.74) is 0.382. The van der Waals surface area contributed by atoms with E-state index < -0.39 is 5.60 Å². The molecule has 0 aromatic rings. The zero-order chi connectivity index (χ0) is 16.4. The summed E-state index contributed by atoms with van der Waals surface area (Å²) in [6, 6.07) is 0. The highest BCUT2D eigenvalue weighted by molar-refractivity contribution is 5.91. The van der Waals surface area contributed by atoms with Gasteiger partial charge >= 0.3 is 0 Å². The van der Waals surface area contributed by atoms with Gasteiger partial charge in [0, 0.05) is 11.8 Å². The largest absolute Gasteiger partial charge is 0.377 e. The van der Waals surface area contributed by atoms with Crippen LogP contribution < -0.4 is 0 Å². The van der Waals surface area contributed by atoms with Crippen LogP contribution in [-0.2, 0) is 4.79 Å². The van der Waals surface area contributed by atoms with Crippen LogP contribution in [0, 0.1) is 47.3 Å². The molecule has 0 heterocycles. The van der Waals surface area contributed by atoms with Crippen molar-refractivity contribution >= 4 is 5.78 Å². The standard InChI is InChI=1S/C21H28O2/c1-4-21(23)10-8-18-19-13(2)11-14-12-15(22)5-6-16(14)17(19)7-9-20(18,21)3/h1,12-13,16-19,23H,5-11H2,2-3H3/t13-,16+,17+,18-,19-,20-,21+/m1/s1. The van der Waals surface area contributed by atoms with Crippen molar-refractivity contribution in [3.05, 3.63) is 11.6 Å². The molecule has 0 saturated heterocycles. The average Bonchev–Trinajstić information content (AvgIpc) is 2.79. The molecule has 0 aliphatic heterocycles.